The van der Waals surface area contributed by atoms with Gasteiger partial charge in [0.05, 0.1) is 11.6 Å². The number of benzene rings is 2. The molecule has 100 valence electrons. The number of hydrogen-bond donors (Lipinski definition) is 1. The van der Waals surface area contributed by atoms with Crippen LogP contribution in [0, 0.1) is 18.3 Å². The SMILES string of the molecule is Cc1ccc(C(=O)NCc2cccc(C#N)c2)cc1Cl. The molecule has 0 heterocycles. The predicted octanol–water partition coefficient (Wildman–Crippen LogP) is 3.45. The van der Waals surface area contributed by atoms with Gasteiger partial charge >= 0.3 is 0 Å². The quantitative estimate of drug-likeness (QED) is 0.938. The van der Waals surface area contributed by atoms with E-state index in [0.717, 1.165) is 11.1 Å². The van der Waals surface area contributed by atoms with E-state index in [1.54, 1.807) is 30.3 Å². The first-order chi connectivity index (χ1) is 9.60. The van der Waals surface area contributed by atoms with E-state index >= 15 is 0 Å². The van der Waals surface area contributed by atoms with Gasteiger partial charge in [-0.15, -0.1) is 0 Å². The smallest absolute Gasteiger partial charge is 0.251 e. The molecule has 0 aliphatic carbocycles. The molecule has 0 saturated carbocycles. The fourth-order valence-electron chi connectivity index (χ4n) is 1.77. The molecule has 0 bridgehead atoms. The van der Waals surface area contributed by atoms with Gasteiger partial charge in [0.2, 0.25) is 0 Å². The summed E-state index contributed by atoms with van der Waals surface area (Å²) in [5.74, 6) is -0.186. The van der Waals surface area contributed by atoms with Crippen LogP contribution in [-0.2, 0) is 6.54 Å². The largest absolute Gasteiger partial charge is 0.348 e. The Bertz CT molecular complexity index is 689. The standard InChI is InChI=1S/C16H13ClN2O/c1-11-5-6-14(8-15(11)17)16(20)19-10-13-4-2-3-12(7-13)9-18/h2-8H,10H2,1H3,(H,19,20). The molecule has 20 heavy (non-hydrogen) atoms. The lowest BCUT2D eigenvalue weighted by atomic mass is 10.1. The van der Waals surface area contributed by atoms with Gasteiger partial charge in [-0.2, -0.15) is 5.26 Å². The van der Waals surface area contributed by atoms with Crippen LogP contribution in [0.5, 0.6) is 0 Å². The van der Waals surface area contributed by atoms with Gasteiger partial charge in [-0.05, 0) is 42.3 Å². The monoisotopic (exact) mass is 284 g/mol. The first-order valence-electron chi connectivity index (χ1n) is 6.13. The molecule has 3 nitrogen and oxygen atoms in total. The number of nitriles is 1. The lowest BCUT2D eigenvalue weighted by Gasteiger charge is -2.07. The Labute approximate surface area is 122 Å². The molecule has 0 spiro atoms. The van der Waals surface area contributed by atoms with Crippen molar-refractivity contribution in [2.75, 3.05) is 0 Å². The molecule has 0 atom stereocenters. The van der Waals surface area contributed by atoms with Crippen LogP contribution in [-0.4, -0.2) is 5.91 Å². The van der Waals surface area contributed by atoms with E-state index in [1.807, 2.05) is 19.1 Å². The number of halogens is 1. The molecular formula is C16H13ClN2O. The zero-order valence-corrected chi connectivity index (χ0v) is 11.7. The molecule has 0 radical (unpaired) electrons. The van der Waals surface area contributed by atoms with E-state index in [2.05, 4.69) is 11.4 Å². The highest BCUT2D eigenvalue weighted by molar-refractivity contribution is 6.31. The molecule has 1 N–H and O–H groups in total. The third kappa shape index (κ3) is 3.37. The number of rotatable bonds is 3. The van der Waals surface area contributed by atoms with Gasteiger partial charge in [0, 0.05) is 17.1 Å². The zero-order chi connectivity index (χ0) is 14.5. The Hall–Kier alpha value is -2.31. The van der Waals surface area contributed by atoms with Crippen molar-refractivity contribution in [3.05, 3.63) is 69.7 Å². The Kier molecular flexibility index (Phi) is 4.39. The fraction of sp³-hybridized carbons (Fsp3) is 0.125. The topological polar surface area (TPSA) is 52.9 Å². The van der Waals surface area contributed by atoms with E-state index in [-0.39, 0.29) is 5.91 Å². The summed E-state index contributed by atoms with van der Waals surface area (Å²) in [6, 6.07) is 14.4. The summed E-state index contributed by atoms with van der Waals surface area (Å²) in [5, 5.41) is 12.2. The normalized spacial score (nSPS) is 9.85. The van der Waals surface area contributed by atoms with Crippen LogP contribution < -0.4 is 5.32 Å². The maximum Gasteiger partial charge on any atom is 0.251 e. The Balaban J connectivity index is 2.05. The molecule has 4 heteroatoms. The van der Waals surface area contributed by atoms with Crippen molar-refractivity contribution in [1.82, 2.24) is 5.32 Å². The minimum atomic E-state index is -0.186. The van der Waals surface area contributed by atoms with Gasteiger partial charge in [-0.1, -0.05) is 29.8 Å². The molecule has 2 rings (SSSR count). The minimum absolute atomic E-state index is 0.186. The molecule has 1 amide bonds. The number of carbonyl (C=O) groups is 1. The van der Waals surface area contributed by atoms with Gasteiger partial charge < -0.3 is 5.32 Å². The maximum absolute atomic E-state index is 12.0. The van der Waals surface area contributed by atoms with Crippen molar-refractivity contribution in [2.45, 2.75) is 13.5 Å². The van der Waals surface area contributed by atoms with Crippen LogP contribution in [0.4, 0.5) is 0 Å². The van der Waals surface area contributed by atoms with Crippen molar-refractivity contribution < 1.29 is 4.79 Å². The summed E-state index contributed by atoms with van der Waals surface area (Å²) in [5.41, 5.74) is 2.92. The van der Waals surface area contributed by atoms with E-state index in [1.165, 1.54) is 0 Å². The fourth-order valence-corrected chi connectivity index (χ4v) is 1.95. The van der Waals surface area contributed by atoms with Crippen LogP contribution in [0.15, 0.2) is 42.5 Å². The lowest BCUT2D eigenvalue weighted by molar-refractivity contribution is 0.0951. The highest BCUT2D eigenvalue weighted by atomic mass is 35.5. The average Bonchev–Trinajstić information content (AvgIpc) is 2.47. The summed E-state index contributed by atoms with van der Waals surface area (Å²) in [6.45, 7) is 2.26. The van der Waals surface area contributed by atoms with Crippen LogP contribution in [0.3, 0.4) is 0 Å². The summed E-state index contributed by atoms with van der Waals surface area (Å²) in [6.07, 6.45) is 0. The molecule has 0 aromatic heterocycles. The number of carbonyl (C=O) groups excluding carboxylic acids is 1. The molecule has 0 aliphatic heterocycles. The van der Waals surface area contributed by atoms with E-state index in [9.17, 15) is 4.79 Å². The molecular weight excluding hydrogens is 272 g/mol. The Morgan fingerprint density at radius 2 is 2.10 bits per heavy atom. The van der Waals surface area contributed by atoms with E-state index in [0.29, 0.717) is 22.7 Å². The van der Waals surface area contributed by atoms with Crippen LogP contribution in [0.25, 0.3) is 0 Å². The van der Waals surface area contributed by atoms with Gasteiger partial charge in [0.1, 0.15) is 0 Å². The first kappa shape index (κ1) is 14.1. The van der Waals surface area contributed by atoms with Gasteiger partial charge in [-0.3, -0.25) is 4.79 Å². The maximum atomic E-state index is 12.0. The van der Waals surface area contributed by atoms with Crippen molar-refractivity contribution in [1.29, 1.82) is 5.26 Å². The number of aryl methyl sites for hydroxylation is 1. The van der Waals surface area contributed by atoms with Crippen molar-refractivity contribution in [2.24, 2.45) is 0 Å². The zero-order valence-electron chi connectivity index (χ0n) is 11.0. The van der Waals surface area contributed by atoms with Crippen LogP contribution >= 0.6 is 11.6 Å². The first-order valence-corrected chi connectivity index (χ1v) is 6.51. The number of hydrogen-bond acceptors (Lipinski definition) is 2. The molecule has 0 aliphatic rings. The van der Waals surface area contributed by atoms with Crippen molar-refractivity contribution in [3.8, 4) is 6.07 Å². The predicted molar refractivity (Wildman–Crippen MR) is 78.5 cm³/mol. The summed E-state index contributed by atoms with van der Waals surface area (Å²) < 4.78 is 0. The summed E-state index contributed by atoms with van der Waals surface area (Å²) in [7, 11) is 0. The third-order valence-corrected chi connectivity index (χ3v) is 3.35. The highest BCUT2D eigenvalue weighted by Crippen LogP contribution is 2.16. The van der Waals surface area contributed by atoms with E-state index < -0.39 is 0 Å². The summed E-state index contributed by atoms with van der Waals surface area (Å²) in [4.78, 5) is 12.0. The number of amides is 1. The minimum Gasteiger partial charge on any atom is -0.348 e. The molecule has 2 aromatic rings. The Morgan fingerprint density at radius 3 is 2.80 bits per heavy atom. The molecule has 0 fully saturated rings. The molecule has 0 unspecified atom stereocenters. The summed E-state index contributed by atoms with van der Waals surface area (Å²) >= 11 is 6.00. The second-order valence-corrected chi connectivity index (χ2v) is 4.87. The van der Waals surface area contributed by atoms with Gasteiger partial charge in [-0.25, -0.2) is 0 Å². The average molecular weight is 285 g/mol. The van der Waals surface area contributed by atoms with E-state index in [4.69, 9.17) is 16.9 Å². The molecule has 0 saturated heterocycles. The highest BCUT2D eigenvalue weighted by Gasteiger charge is 2.07. The van der Waals surface area contributed by atoms with Gasteiger partial charge in [0.25, 0.3) is 5.91 Å². The van der Waals surface area contributed by atoms with Crippen LogP contribution in [0.2, 0.25) is 5.02 Å². The molecule has 2 aromatic carbocycles. The van der Waals surface area contributed by atoms with Gasteiger partial charge in [0.15, 0.2) is 0 Å². The second kappa shape index (κ2) is 6.23. The number of nitrogens with zero attached hydrogens (tertiary/aromatic N) is 1. The second-order valence-electron chi connectivity index (χ2n) is 4.46. The Morgan fingerprint density at radius 1 is 1.30 bits per heavy atom. The lowest BCUT2D eigenvalue weighted by Crippen LogP contribution is -2.22. The van der Waals surface area contributed by atoms with Crippen molar-refractivity contribution >= 4 is 17.5 Å². The van der Waals surface area contributed by atoms with Crippen molar-refractivity contribution in [3.63, 3.8) is 0 Å². The van der Waals surface area contributed by atoms with Crippen LogP contribution in [0.1, 0.15) is 27.0 Å². The number of nitrogens with one attached hydrogen (secondary N) is 1. The third-order valence-electron chi connectivity index (χ3n) is 2.94.